The molecule has 1 rings (SSSR count). The van der Waals surface area contributed by atoms with Gasteiger partial charge in [0.15, 0.2) is 5.78 Å². The zero-order chi connectivity index (χ0) is 21.5. The van der Waals surface area contributed by atoms with Crippen molar-refractivity contribution < 1.29 is 23.9 Å². The fraction of sp³-hybridized carbons (Fsp3) is 0.542. The van der Waals surface area contributed by atoms with Gasteiger partial charge in [0, 0.05) is 18.9 Å². The molecule has 0 spiro atoms. The van der Waals surface area contributed by atoms with E-state index < -0.39 is 5.41 Å². The average Bonchev–Trinajstić information content (AvgIpc) is 3.01. The minimum absolute atomic E-state index is 0.0595. The van der Waals surface area contributed by atoms with Crippen LogP contribution in [0.25, 0.3) is 0 Å². The van der Waals surface area contributed by atoms with Crippen molar-refractivity contribution in [2.45, 2.75) is 65.2 Å². The molecular formula is C24H34O5. The maximum absolute atomic E-state index is 12.4. The van der Waals surface area contributed by atoms with Crippen molar-refractivity contribution in [3.63, 3.8) is 0 Å². The molecule has 0 saturated carbocycles. The van der Waals surface area contributed by atoms with Gasteiger partial charge in [-0.2, -0.15) is 0 Å². The molecule has 1 aliphatic rings. The maximum atomic E-state index is 12.4. The molecule has 5 heteroatoms. The van der Waals surface area contributed by atoms with Gasteiger partial charge in [0.1, 0.15) is 6.61 Å². The van der Waals surface area contributed by atoms with Crippen molar-refractivity contribution in [3.8, 4) is 0 Å². The van der Waals surface area contributed by atoms with Crippen LogP contribution in [0.3, 0.4) is 0 Å². The standard InChI is InChI=1S/C24H34O5/c1-4-5-6-7-10-13-17-24(19-29-20(2)25)18-16-22(26)21(24)14-11-8-9-12-15-23(27)28-3/h8,10-11,13-14,16,18H,4-7,9,12,15,17,19H2,1-3H3/b11-8-,13-10-,21-14-. The molecule has 0 fully saturated rings. The number of carbonyl (C=O) groups is 3. The second-order valence-electron chi connectivity index (χ2n) is 7.28. The van der Waals surface area contributed by atoms with E-state index in [9.17, 15) is 14.4 Å². The Morgan fingerprint density at radius 3 is 2.55 bits per heavy atom. The molecule has 0 saturated heterocycles. The summed E-state index contributed by atoms with van der Waals surface area (Å²) in [6.07, 6.45) is 20.1. The second-order valence-corrected chi connectivity index (χ2v) is 7.28. The second kappa shape index (κ2) is 13.7. The summed E-state index contributed by atoms with van der Waals surface area (Å²) >= 11 is 0. The average molecular weight is 403 g/mol. The van der Waals surface area contributed by atoms with Crippen LogP contribution in [0.4, 0.5) is 0 Å². The Morgan fingerprint density at radius 2 is 1.86 bits per heavy atom. The van der Waals surface area contributed by atoms with Crippen LogP contribution in [0.1, 0.15) is 65.2 Å². The number of esters is 2. The van der Waals surface area contributed by atoms with Gasteiger partial charge in [-0.15, -0.1) is 0 Å². The zero-order valence-corrected chi connectivity index (χ0v) is 17.9. The van der Waals surface area contributed by atoms with Gasteiger partial charge in [0.25, 0.3) is 0 Å². The number of carbonyl (C=O) groups excluding carboxylic acids is 3. The highest BCUT2D eigenvalue weighted by molar-refractivity contribution is 6.08. The summed E-state index contributed by atoms with van der Waals surface area (Å²) in [6.45, 7) is 3.69. The number of rotatable bonds is 13. The van der Waals surface area contributed by atoms with E-state index in [0.717, 1.165) is 19.3 Å². The maximum Gasteiger partial charge on any atom is 0.305 e. The van der Waals surface area contributed by atoms with Gasteiger partial charge < -0.3 is 9.47 Å². The van der Waals surface area contributed by atoms with Gasteiger partial charge in [-0.1, -0.05) is 56.2 Å². The molecule has 1 unspecified atom stereocenters. The van der Waals surface area contributed by atoms with Crippen LogP contribution in [0, 0.1) is 5.41 Å². The lowest BCUT2D eigenvalue weighted by molar-refractivity contribution is -0.143. The lowest BCUT2D eigenvalue weighted by Crippen LogP contribution is -2.27. The van der Waals surface area contributed by atoms with Gasteiger partial charge in [0.05, 0.1) is 12.5 Å². The van der Waals surface area contributed by atoms with Crippen LogP contribution in [-0.2, 0) is 23.9 Å². The van der Waals surface area contributed by atoms with Crippen LogP contribution in [0.2, 0.25) is 0 Å². The quantitative estimate of drug-likeness (QED) is 0.187. The predicted octanol–water partition coefficient (Wildman–Crippen LogP) is 5.03. The molecule has 0 heterocycles. The van der Waals surface area contributed by atoms with Crippen LogP contribution in [0.15, 0.2) is 48.1 Å². The van der Waals surface area contributed by atoms with Crippen molar-refractivity contribution in [1.82, 2.24) is 0 Å². The minimum atomic E-state index is -0.625. The highest BCUT2D eigenvalue weighted by Crippen LogP contribution is 2.40. The summed E-state index contributed by atoms with van der Waals surface area (Å²) < 4.78 is 9.91. The van der Waals surface area contributed by atoms with Crippen LogP contribution in [-0.4, -0.2) is 31.4 Å². The Balaban J connectivity index is 2.81. The number of methoxy groups -OCH3 is 1. The molecule has 0 aliphatic heterocycles. The topological polar surface area (TPSA) is 69.7 Å². The normalized spacial score (nSPS) is 20.2. The number of unbranched alkanes of at least 4 members (excludes halogenated alkanes) is 4. The number of ketones is 1. The fourth-order valence-corrected chi connectivity index (χ4v) is 3.15. The number of hydrogen-bond donors (Lipinski definition) is 0. The van der Waals surface area contributed by atoms with Crippen LogP contribution < -0.4 is 0 Å². The Kier molecular flexibility index (Phi) is 11.6. The predicted molar refractivity (Wildman–Crippen MR) is 114 cm³/mol. The Hall–Kier alpha value is -2.43. The molecule has 0 N–H and O–H groups in total. The van der Waals surface area contributed by atoms with E-state index in [0.29, 0.717) is 24.8 Å². The number of allylic oxidation sites excluding steroid dienone is 6. The molecule has 0 aromatic heterocycles. The zero-order valence-electron chi connectivity index (χ0n) is 17.9. The van der Waals surface area contributed by atoms with E-state index in [4.69, 9.17) is 4.74 Å². The first-order chi connectivity index (χ1) is 13.9. The van der Waals surface area contributed by atoms with Crippen molar-refractivity contribution in [3.05, 3.63) is 48.1 Å². The van der Waals surface area contributed by atoms with E-state index in [1.165, 1.54) is 26.9 Å². The van der Waals surface area contributed by atoms with Gasteiger partial charge in [-0.05, 0) is 38.2 Å². The molecule has 0 amide bonds. The fourth-order valence-electron chi connectivity index (χ4n) is 3.15. The third-order valence-corrected chi connectivity index (χ3v) is 4.89. The first-order valence-corrected chi connectivity index (χ1v) is 10.4. The van der Waals surface area contributed by atoms with Crippen LogP contribution in [0.5, 0.6) is 0 Å². The van der Waals surface area contributed by atoms with Gasteiger partial charge >= 0.3 is 11.9 Å². The van der Waals surface area contributed by atoms with E-state index in [1.807, 2.05) is 18.2 Å². The summed E-state index contributed by atoms with van der Waals surface area (Å²) in [4.78, 5) is 34.9. The number of hydrogen-bond acceptors (Lipinski definition) is 5. The summed E-state index contributed by atoms with van der Waals surface area (Å²) in [5.41, 5.74) is 0.00145. The first-order valence-electron chi connectivity index (χ1n) is 10.4. The molecular weight excluding hydrogens is 368 g/mol. The molecule has 5 nitrogen and oxygen atoms in total. The summed E-state index contributed by atoms with van der Waals surface area (Å²) in [6, 6.07) is 0. The Morgan fingerprint density at radius 1 is 1.10 bits per heavy atom. The van der Waals surface area contributed by atoms with Crippen molar-refractivity contribution in [2.24, 2.45) is 5.41 Å². The van der Waals surface area contributed by atoms with E-state index in [1.54, 1.807) is 12.2 Å². The summed E-state index contributed by atoms with van der Waals surface area (Å²) in [5.74, 6) is -0.643. The van der Waals surface area contributed by atoms with Gasteiger partial charge in [-0.25, -0.2) is 0 Å². The highest BCUT2D eigenvalue weighted by Gasteiger charge is 2.39. The smallest absolute Gasteiger partial charge is 0.305 e. The first kappa shape index (κ1) is 24.6. The largest absolute Gasteiger partial charge is 0.469 e. The molecule has 0 radical (unpaired) electrons. The minimum Gasteiger partial charge on any atom is -0.469 e. The van der Waals surface area contributed by atoms with Gasteiger partial charge in [-0.3, -0.25) is 14.4 Å². The van der Waals surface area contributed by atoms with E-state index >= 15 is 0 Å². The molecule has 29 heavy (non-hydrogen) atoms. The van der Waals surface area contributed by atoms with E-state index in [2.05, 4.69) is 23.8 Å². The monoisotopic (exact) mass is 402 g/mol. The molecule has 160 valence electrons. The molecule has 0 bridgehead atoms. The third kappa shape index (κ3) is 9.07. The summed E-state index contributed by atoms with van der Waals surface area (Å²) in [5, 5.41) is 0. The lowest BCUT2D eigenvalue weighted by atomic mass is 9.79. The molecule has 0 aromatic carbocycles. The molecule has 0 aromatic rings. The lowest BCUT2D eigenvalue weighted by Gasteiger charge is -2.27. The Bertz CT molecular complexity index is 669. The van der Waals surface area contributed by atoms with Crippen LogP contribution >= 0.6 is 0 Å². The van der Waals surface area contributed by atoms with Crippen molar-refractivity contribution in [1.29, 1.82) is 0 Å². The SMILES string of the molecule is CCCCC/C=C\CC1(COC(C)=O)C=CC(=O)/C1=C/C=C\CCCC(=O)OC. The molecule has 1 atom stereocenters. The van der Waals surface area contributed by atoms with Gasteiger partial charge in [0.2, 0.25) is 0 Å². The summed E-state index contributed by atoms with van der Waals surface area (Å²) in [7, 11) is 1.38. The van der Waals surface area contributed by atoms with E-state index in [-0.39, 0.29) is 24.3 Å². The van der Waals surface area contributed by atoms with Crippen molar-refractivity contribution >= 4 is 17.7 Å². The third-order valence-electron chi connectivity index (χ3n) is 4.89. The van der Waals surface area contributed by atoms with Crippen molar-refractivity contribution in [2.75, 3.05) is 13.7 Å². The highest BCUT2D eigenvalue weighted by atomic mass is 16.5. The Labute approximate surface area is 174 Å². The molecule has 1 aliphatic carbocycles. The number of ether oxygens (including phenoxy) is 2.